The molecule has 2 heterocycles. The van der Waals surface area contributed by atoms with E-state index in [1.54, 1.807) is 0 Å². The Balaban J connectivity index is 1.43. The zero-order valence-corrected chi connectivity index (χ0v) is 18.8. The number of hydrogen-bond acceptors (Lipinski definition) is 5. The van der Waals surface area contributed by atoms with E-state index in [9.17, 15) is 4.79 Å². The second-order valence-corrected chi connectivity index (χ2v) is 8.53. The first kappa shape index (κ1) is 22.2. The van der Waals surface area contributed by atoms with Crippen LogP contribution in [0.3, 0.4) is 0 Å². The number of aromatic nitrogens is 1. The standard InChI is InChI=1S/C26H31N3O3/c1-19-10-11-22(20(2)13-19)16-29(15-21-7-4-3-5-8-21)17-25-28-24(18-32-25)26(30)27-14-23-9-6-12-31-23/h3-5,7-8,10-11,13,18,23H,6,9,12,14-17H2,1-2H3,(H,27,30). The summed E-state index contributed by atoms with van der Waals surface area (Å²) in [4.78, 5) is 19.2. The highest BCUT2D eigenvalue weighted by Crippen LogP contribution is 2.18. The first-order valence-electron chi connectivity index (χ1n) is 11.2. The van der Waals surface area contributed by atoms with Gasteiger partial charge in [-0.1, -0.05) is 54.1 Å². The van der Waals surface area contributed by atoms with Crippen LogP contribution in [0.4, 0.5) is 0 Å². The number of amides is 1. The van der Waals surface area contributed by atoms with E-state index in [1.165, 1.54) is 28.5 Å². The van der Waals surface area contributed by atoms with E-state index < -0.39 is 0 Å². The fourth-order valence-corrected chi connectivity index (χ4v) is 4.05. The molecule has 1 aliphatic heterocycles. The zero-order chi connectivity index (χ0) is 22.3. The Kier molecular flexibility index (Phi) is 7.35. The monoisotopic (exact) mass is 433 g/mol. The van der Waals surface area contributed by atoms with Crippen LogP contribution in [0.15, 0.2) is 59.2 Å². The highest BCUT2D eigenvalue weighted by molar-refractivity contribution is 5.91. The van der Waals surface area contributed by atoms with Crippen molar-refractivity contribution in [2.24, 2.45) is 0 Å². The minimum atomic E-state index is -0.223. The van der Waals surface area contributed by atoms with Crippen molar-refractivity contribution in [3.63, 3.8) is 0 Å². The summed E-state index contributed by atoms with van der Waals surface area (Å²) < 4.78 is 11.2. The van der Waals surface area contributed by atoms with Gasteiger partial charge < -0.3 is 14.5 Å². The number of carbonyl (C=O) groups excluding carboxylic acids is 1. The fourth-order valence-electron chi connectivity index (χ4n) is 4.05. The van der Waals surface area contributed by atoms with Gasteiger partial charge in [0, 0.05) is 26.2 Å². The normalized spacial score (nSPS) is 15.9. The van der Waals surface area contributed by atoms with Crippen LogP contribution in [-0.4, -0.2) is 35.0 Å². The van der Waals surface area contributed by atoms with Crippen LogP contribution in [0.5, 0.6) is 0 Å². The van der Waals surface area contributed by atoms with Crippen LogP contribution < -0.4 is 5.32 Å². The first-order valence-corrected chi connectivity index (χ1v) is 11.2. The number of aryl methyl sites for hydroxylation is 2. The molecule has 2 aromatic carbocycles. The van der Waals surface area contributed by atoms with E-state index in [0.29, 0.717) is 24.7 Å². The third kappa shape index (κ3) is 6.05. The molecule has 1 aromatic heterocycles. The molecule has 168 valence electrons. The molecule has 0 bridgehead atoms. The molecule has 32 heavy (non-hydrogen) atoms. The van der Waals surface area contributed by atoms with Crippen molar-refractivity contribution in [2.75, 3.05) is 13.2 Å². The number of hydrogen-bond donors (Lipinski definition) is 1. The van der Waals surface area contributed by atoms with E-state index in [4.69, 9.17) is 9.15 Å². The predicted octanol–water partition coefficient (Wildman–Crippen LogP) is 4.40. The van der Waals surface area contributed by atoms with Crippen molar-refractivity contribution in [3.05, 3.63) is 88.6 Å². The van der Waals surface area contributed by atoms with Gasteiger partial charge in [-0.15, -0.1) is 0 Å². The summed E-state index contributed by atoms with van der Waals surface area (Å²) in [6.45, 7) is 7.57. The predicted molar refractivity (Wildman–Crippen MR) is 123 cm³/mol. The summed E-state index contributed by atoms with van der Waals surface area (Å²) in [5, 5.41) is 2.90. The lowest BCUT2D eigenvalue weighted by molar-refractivity contribution is 0.0853. The highest BCUT2D eigenvalue weighted by Gasteiger charge is 2.19. The zero-order valence-electron chi connectivity index (χ0n) is 18.8. The Bertz CT molecular complexity index is 1030. The second kappa shape index (κ2) is 10.6. The smallest absolute Gasteiger partial charge is 0.273 e. The molecule has 1 N–H and O–H groups in total. The number of oxazole rings is 1. The van der Waals surface area contributed by atoms with Crippen molar-refractivity contribution >= 4 is 5.91 Å². The maximum absolute atomic E-state index is 12.5. The second-order valence-electron chi connectivity index (χ2n) is 8.53. The van der Waals surface area contributed by atoms with Crippen LogP contribution in [0.25, 0.3) is 0 Å². The quantitative estimate of drug-likeness (QED) is 0.542. The van der Waals surface area contributed by atoms with Crippen LogP contribution >= 0.6 is 0 Å². The maximum Gasteiger partial charge on any atom is 0.273 e. The highest BCUT2D eigenvalue weighted by atomic mass is 16.5. The summed E-state index contributed by atoms with van der Waals surface area (Å²) in [5.74, 6) is 0.312. The Hall–Kier alpha value is -2.96. The van der Waals surface area contributed by atoms with Gasteiger partial charge in [0.25, 0.3) is 5.91 Å². The van der Waals surface area contributed by atoms with Gasteiger partial charge in [-0.05, 0) is 43.4 Å². The Morgan fingerprint density at radius 2 is 1.97 bits per heavy atom. The number of benzene rings is 2. The number of nitrogens with one attached hydrogen (secondary N) is 1. The van der Waals surface area contributed by atoms with E-state index in [1.807, 2.05) is 18.2 Å². The van der Waals surface area contributed by atoms with Crippen molar-refractivity contribution in [1.29, 1.82) is 0 Å². The number of carbonyl (C=O) groups is 1. The molecule has 0 aliphatic carbocycles. The Morgan fingerprint density at radius 1 is 1.12 bits per heavy atom. The largest absolute Gasteiger partial charge is 0.447 e. The third-order valence-electron chi connectivity index (χ3n) is 5.80. The molecule has 4 rings (SSSR count). The lowest BCUT2D eigenvalue weighted by Crippen LogP contribution is -2.32. The number of ether oxygens (including phenoxy) is 1. The fraction of sp³-hybridized carbons (Fsp3) is 0.385. The summed E-state index contributed by atoms with van der Waals surface area (Å²) in [6.07, 6.45) is 3.58. The number of rotatable bonds is 9. The van der Waals surface area contributed by atoms with Gasteiger partial charge in [-0.3, -0.25) is 9.69 Å². The molecule has 1 amide bonds. The van der Waals surface area contributed by atoms with Crippen LogP contribution in [0.1, 0.15) is 51.5 Å². The van der Waals surface area contributed by atoms with Gasteiger partial charge >= 0.3 is 0 Å². The molecule has 1 saturated heterocycles. The average molecular weight is 434 g/mol. The van der Waals surface area contributed by atoms with E-state index in [0.717, 1.165) is 32.5 Å². The summed E-state index contributed by atoms with van der Waals surface area (Å²) in [5.41, 5.74) is 5.33. The van der Waals surface area contributed by atoms with E-state index in [-0.39, 0.29) is 12.0 Å². The minimum absolute atomic E-state index is 0.101. The molecule has 1 unspecified atom stereocenters. The van der Waals surface area contributed by atoms with Gasteiger partial charge in [-0.2, -0.15) is 0 Å². The number of nitrogens with zero attached hydrogens (tertiary/aromatic N) is 2. The summed E-state index contributed by atoms with van der Waals surface area (Å²) in [7, 11) is 0. The van der Waals surface area contributed by atoms with Crippen molar-refractivity contribution in [3.8, 4) is 0 Å². The molecule has 1 atom stereocenters. The van der Waals surface area contributed by atoms with E-state index in [2.05, 4.69) is 59.4 Å². The summed E-state index contributed by atoms with van der Waals surface area (Å²) in [6, 6.07) is 16.9. The van der Waals surface area contributed by atoms with Gasteiger partial charge in [0.15, 0.2) is 5.69 Å². The van der Waals surface area contributed by atoms with Crippen molar-refractivity contribution in [1.82, 2.24) is 15.2 Å². The molecule has 6 nitrogen and oxygen atoms in total. The molecule has 1 fully saturated rings. The average Bonchev–Trinajstić information content (AvgIpc) is 3.47. The molecule has 0 saturated carbocycles. The van der Waals surface area contributed by atoms with Gasteiger partial charge in [-0.25, -0.2) is 4.98 Å². The molecule has 3 aromatic rings. The molecule has 6 heteroatoms. The van der Waals surface area contributed by atoms with Gasteiger partial charge in [0.1, 0.15) is 6.26 Å². The van der Waals surface area contributed by atoms with Crippen LogP contribution in [-0.2, 0) is 24.4 Å². The lowest BCUT2D eigenvalue weighted by Gasteiger charge is -2.22. The molecule has 1 aliphatic rings. The maximum atomic E-state index is 12.5. The van der Waals surface area contributed by atoms with Gasteiger partial charge in [0.2, 0.25) is 5.89 Å². The first-order chi connectivity index (χ1) is 15.6. The summed E-state index contributed by atoms with van der Waals surface area (Å²) >= 11 is 0. The third-order valence-corrected chi connectivity index (χ3v) is 5.80. The molecular weight excluding hydrogens is 402 g/mol. The molecule has 0 radical (unpaired) electrons. The SMILES string of the molecule is Cc1ccc(CN(Cc2ccccc2)Cc2nc(C(=O)NCC3CCCO3)co2)c(C)c1. The van der Waals surface area contributed by atoms with Gasteiger partial charge in [0.05, 0.1) is 12.6 Å². The lowest BCUT2D eigenvalue weighted by atomic mass is 10.0. The van der Waals surface area contributed by atoms with Crippen LogP contribution in [0, 0.1) is 13.8 Å². The van der Waals surface area contributed by atoms with Crippen molar-refractivity contribution < 1.29 is 13.9 Å². The Labute approximate surface area is 189 Å². The van der Waals surface area contributed by atoms with Crippen LogP contribution in [0.2, 0.25) is 0 Å². The van der Waals surface area contributed by atoms with E-state index >= 15 is 0 Å². The minimum Gasteiger partial charge on any atom is -0.447 e. The van der Waals surface area contributed by atoms with Crippen molar-refractivity contribution in [2.45, 2.75) is 52.4 Å². The molecular formula is C26H31N3O3. The topological polar surface area (TPSA) is 67.6 Å². The molecule has 0 spiro atoms. The Morgan fingerprint density at radius 3 is 2.72 bits per heavy atom.